The van der Waals surface area contributed by atoms with Crippen LogP contribution in [0.25, 0.3) is 22.6 Å². The fraction of sp³-hybridized carbons (Fsp3) is 0.188. The SMILES string of the molecule is CCc1cccc2nc(-c3ccc(C)cc3)oc12. The van der Waals surface area contributed by atoms with Gasteiger partial charge in [0.05, 0.1) is 0 Å². The van der Waals surface area contributed by atoms with Crippen molar-refractivity contribution < 1.29 is 4.42 Å². The Bertz CT molecular complexity index is 680. The van der Waals surface area contributed by atoms with E-state index in [2.05, 4.69) is 37.0 Å². The number of benzene rings is 2. The molecule has 0 fully saturated rings. The van der Waals surface area contributed by atoms with Gasteiger partial charge in [0.15, 0.2) is 5.58 Å². The molecule has 0 saturated carbocycles. The van der Waals surface area contributed by atoms with Crippen molar-refractivity contribution in [1.82, 2.24) is 4.98 Å². The number of aryl methyl sites for hydroxylation is 2. The van der Waals surface area contributed by atoms with E-state index in [-0.39, 0.29) is 0 Å². The van der Waals surface area contributed by atoms with E-state index in [4.69, 9.17) is 4.42 Å². The minimum atomic E-state index is 0.700. The lowest BCUT2D eigenvalue weighted by molar-refractivity contribution is 0.615. The van der Waals surface area contributed by atoms with Gasteiger partial charge < -0.3 is 4.42 Å². The van der Waals surface area contributed by atoms with Crippen LogP contribution in [0.2, 0.25) is 0 Å². The van der Waals surface area contributed by atoms with Gasteiger partial charge in [-0.05, 0) is 37.1 Å². The van der Waals surface area contributed by atoms with Crippen molar-refractivity contribution in [1.29, 1.82) is 0 Å². The number of hydrogen-bond donors (Lipinski definition) is 0. The second-order valence-corrected chi connectivity index (χ2v) is 4.50. The maximum Gasteiger partial charge on any atom is 0.227 e. The second kappa shape index (κ2) is 4.30. The summed E-state index contributed by atoms with van der Waals surface area (Å²) in [6.45, 7) is 4.20. The third-order valence-corrected chi connectivity index (χ3v) is 3.18. The van der Waals surface area contributed by atoms with Crippen LogP contribution in [0.1, 0.15) is 18.1 Å². The molecule has 0 bridgehead atoms. The molecule has 0 aliphatic carbocycles. The summed E-state index contributed by atoms with van der Waals surface area (Å²) in [4.78, 5) is 4.55. The van der Waals surface area contributed by atoms with E-state index in [1.165, 1.54) is 11.1 Å². The molecule has 3 rings (SSSR count). The Morgan fingerprint density at radius 3 is 2.56 bits per heavy atom. The van der Waals surface area contributed by atoms with E-state index >= 15 is 0 Å². The van der Waals surface area contributed by atoms with Crippen molar-refractivity contribution >= 4 is 11.1 Å². The Morgan fingerprint density at radius 1 is 1.06 bits per heavy atom. The second-order valence-electron chi connectivity index (χ2n) is 4.50. The molecule has 2 heteroatoms. The zero-order valence-corrected chi connectivity index (χ0v) is 10.6. The van der Waals surface area contributed by atoms with Crippen LogP contribution in [0.15, 0.2) is 46.9 Å². The number of aromatic nitrogens is 1. The zero-order valence-electron chi connectivity index (χ0n) is 10.6. The molecule has 0 atom stereocenters. The van der Waals surface area contributed by atoms with Crippen LogP contribution in [-0.4, -0.2) is 4.98 Å². The van der Waals surface area contributed by atoms with E-state index in [1.807, 2.05) is 24.3 Å². The Hall–Kier alpha value is -2.09. The predicted molar refractivity (Wildman–Crippen MR) is 73.6 cm³/mol. The third-order valence-electron chi connectivity index (χ3n) is 3.18. The van der Waals surface area contributed by atoms with Crippen molar-refractivity contribution in [3.8, 4) is 11.5 Å². The molecule has 0 aliphatic heterocycles. The van der Waals surface area contributed by atoms with Gasteiger partial charge in [0.25, 0.3) is 0 Å². The molecule has 3 aromatic rings. The van der Waals surface area contributed by atoms with Crippen molar-refractivity contribution in [3.63, 3.8) is 0 Å². The summed E-state index contributed by atoms with van der Waals surface area (Å²) in [6, 6.07) is 14.4. The molecule has 18 heavy (non-hydrogen) atoms. The average molecular weight is 237 g/mol. The summed E-state index contributed by atoms with van der Waals surface area (Å²) in [7, 11) is 0. The van der Waals surface area contributed by atoms with Gasteiger partial charge in [-0.25, -0.2) is 4.98 Å². The molecule has 2 nitrogen and oxygen atoms in total. The van der Waals surface area contributed by atoms with Crippen LogP contribution >= 0.6 is 0 Å². The molecular weight excluding hydrogens is 222 g/mol. The Labute approximate surface area is 106 Å². The van der Waals surface area contributed by atoms with E-state index in [1.54, 1.807) is 0 Å². The Balaban J connectivity index is 2.16. The molecule has 90 valence electrons. The summed E-state index contributed by atoms with van der Waals surface area (Å²) in [5.41, 5.74) is 5.32. The molecule has 0 saturated heterocycles. The zero-order chi connectivity index (χ0) is 12.5. The van der Waals surface area contributed by atoms with Gasteiger partial charge in [0, 0.05) is 5.56 Å². The lowest BCUT2D eigenvalue weighted by atomic mass is 10.1. The number of hydrogen-bond acceptors (Lipinski definition) is 2. The summed E-state index contributed by atoms with van der Waals surface area (Å²) >= 11 is 0. The average Bonchev–Trinajstić information content (AvgIpc) is 2.83. The predicted octanol–water partition coefficient (Wildman–Crippen LogP) is 4.37. The Kier molecular flexibility index (Phi) is 2.63. The van der Waals surface area contributed by atoms with Crippen molar-refractivity contribution in [2.75, 3.05) is 0 Å². The number of rotatable bonds is 2. The molecule has 1 heterocycles. The fourth-order valence-corrected chi connectivity index (χ4v) is 2.10. The minimum absolute atomic E-state index is 0.700. The standard InChI is InChI=1S/C16H15NO/c1-3-12-5-4-6-14-15(12)18-16(17-14)13-9-7-11(2)8-10-13/h4-10H,3H2,1-2H3. The van der Waals surface area contributed by atoms with Gasteiger partial charge in [0.2, 0.25) is 5.89 Å². The lowest BCUT2D eigenvalue weighted by Crippen LogP contribution is -1.79. The van der Waals surface area contributed by atoms with Gasteiger partial charge >= 0.3 is 0 Å². The highest BCUT2D eigenvalue weighted by molar-refractivity contribution is 5.79. The lowest BCUT2D eigenvalue weighted by Gasteiger charge is -1.96. The molecule has 0 N–H and O–H groups in total. The van der Waals surface area contributed by atoms with Crippen LogP contribution < -0.4 is 0 Å². The summed E-state index contributed by atoms with van der Waals surface area (Å²) < 4.78 is 5.90. The van der Waals surface area contributed by atoms with Gasteiger partial charge in [-0.1, -0.05) is 36.8 Å². The number of oxazole rings is 1. The molecule has 0 spiro atoms. The van der Waals surface area contributed by atoms with Crippen LogP contribution in [0, 0.1) is 6.92 Å². The molecule has 0 unspecified atom stereocenters. The van der Waals surface area contributed by atoms with Gasteiger partial charge in [-0.15, -0.1) is 0 Å². The van der Waals surface area contributed by atoms with Crippen LogP contribution in [0.4, 0.5) is 0 Å². The van der Waals surface area contributed by atoms with E-state index in [0.717, 1.165) is 23.1 Å². The van der Waals surface area contributed by atoms with E-state index in [0.29, 0.717) is 5.89 Å². The first-order valence-corrected chi connectivity index (χ1v) is 6.23. The molecular formula is C16H15NO. The molecule has 0 amide bonds. The van der Waals surface area contributed by atoms with Gasteiger partial charge in [-0.3, -0.25) is 0 Å². The van der Waals surface area contributed by atoms with Crippen molar-refractivity contribution in [3.05, 3.63) is 53.6 Å². The first-order chi connectivity index (χ1) is 8.78. The highest BCUT2D eigenvalue weighted by atomic mass is 16.3. The first-order valence-electron chi connectivity index (χ1n) is 6.23. The number of para-hydroxylation sites is 1. The molecule has 0 radical (unpaired) electrons. The smallest absolute Gasteiger partial charge is 0.227 e. The Morgan fingerprint density at radius 2 is 1.83 bits per heavy atom. The van der Waals surface area contributed by atoms with E-state index < -0.39 is 0 Å². The molecule has 1 aromatic heterocycles. The number of nitrogens with zero attached hydrogens (tertiary/aromatic N) is 1. The van der Waals surface area contributed by atoms with Crippen LogP contribution in [-0.2, 0) is 6.42 Å². The maximum absolute atomic E-state index is 5.90. The first kappa shape index (κ1) is 11.0. The fourth-order valence-electron chi connectivity index (χ4n) is 2.10. The molecule has 2 aromatic carbocycles. The number of fused-ring (bicyclic) bond motifs is 1. The minimum Gasteiger partial charge on any atom is -0.436 e. The van der Waals surface area contributed by atoms with Gasteiger partial charge in [-0.2, -0.15) is 0 Å². The highest BCUT2D eigenvalue weighted by Gasteiger charge is 2.10. The summed E-state index contributed by atoms with van der Waals surface area (Å²) in [5, 5.41) is 0. The summed E-state index contributed by atoms with van der Waals surface area (Å²) in [5.74, 6) is 0.700. The van der Waals surface area contributed by atoms with E-state index in [9.17, 15) is 0 Å². The van der Waals surface area contributed by atoms with Crippen molar-refractivity contribution in [2.45, 2.75) is 20.3 Å². The van der Waals surface area contributed by atoms with Crippen molar-refractivity contribution in [2.24, 2.45) is 0 Å². The monoisotopic (exact) mass is 237 g/mol. The normalized spacial score (nSPS) is 11.0. The highest BCUT2D eigenvalue weighted by Crippen LogP contribution is 2.26. The maximum atomic E-state index is 5.90. The quantitative estimate of drug-likeness (QED) is 0.661. The topological polar surface area (TPSA) is 26.0 Å². The van der Waals surface area contributed by atoms with Crippen LogP contribution in [0.5, 0.6) is 0 Å². The molecule has 0 aliphatic rings. The third kappa shape index (κ3) is 1.80. The van der Waals surface area contributed by atoms with Crippen LogP contribution in [0.3, 0.4) is 0 Å². The van der Waals surface area contributed by atoms with Gasteiger partial charge in [0.1, 0.15) is 5.52 Å². The largest absolute Gasteiger partial charge is 0.436 e. The summed E-state index contributed by atoms with van der Waals surface area (Å²) in [6.07, 6.45) is 0.958.